The van der Waals surface area contributed by atoms with E-state index in [1.807, 2.05) is 6.07 Å². The largest absolute Gasteiger partial charge is 0.388 e. The maximum absolute atomic E-state index is 10.5. The summed E-state index contributed by atoms with van der Waals surface area (Å²) in [7, 11) is 0. The molecule has 0 radical (unpaired) electrons. The molecule has 1 nitrogen and oxygen atoms in total. The van der Waals surface area contributed by atoms with Crippen LogP contribution in [-0.4, -0.2) is 5.11 Å². The highest BCUT2D eigenvalue weighted by Crippen LogP contribution is 2.39. The number of hydrogen-bond donors (Lipinski definition) is 1. The molecule has 0 spiro atoms. The monoisotopic (exact) mass is 246 g/mol. The minimum Gasteiger partial charge on any atom is -0.388 e. The van der Waals surface area contributed by atoms with Crippen LogP contribution in [-0.2, 0) is 0 Å². The molecule has 0 bridgehead atoms. The van der Waals surface area contributed by atoms with E-state index in [1.54, 1.807) is 0 Å². The van der Waals surface area contributed by atoms with Crippen molar-refractivity contribution in [1.82, 2.24) is 0 Å². The van der Waals surface area contributed by atoms with Gasteiger partial charge in [0, 0.05) is 0 Å². The second-order valence-electron chi connectivity index (χ2n) is 6.28. The average molecular weight is 246 g/mol. The number of benzene rings is 1. The van der Waals surface area contributed by atoms with Crippen molar-refractivity contribution < 1.29 is 5.11 Å². The third-order valence-electron chi connectivity index (χ3n) is 4.59. The fourth-order valence-electron chi connectivity index (χ4n) is 3.25. The molecule has 0 amide bonds. The molecule has 0 aromatic heterocycles. The topological polar surface area (TPSA) is 20.2 Å². The number of aryl methyl sites for hydroxylation is 1. The normalized spacial score (nSPS) is 26.3. The van der Waals surface area contributed by atoms with Crippen LogP contribution in [0.4, 0.5) is 0 Å². The molecule has 0 aliphatic heterocycles. The van der Waals surface area contributed by atoms with Gasteiger partial charge in [0.05, 0.1) is 6.10 Å². The molecule has 1 aromatic carbocycles. The number of hydrogen-bond acceptors (Lipinski definition) is 1. The Morgan fingerprint density at radius 3 is 2.22 bits per heavy atom. The summed E-state index contributed by atoms with van der Waals surface area (Å²) in [5.41, 5.74) is 2.34. The van der Waals surface area contributed by atoms with Crippen molar-refractivity contribution in [2.75, 3.05) is 0 Å². The van der Waals surface area contributed by atoms with Crippen LogP contribution in [0.3, 0.4) is 0 Å². The zero-order chi connectivity index (χ0) is 13.1. The molecule has 1 atom stereocenters. The maximum atomic E-state index is 10.5. The molecule has 1 N–H and O–H groups in total. The van der Waals surface area contributed by atoms with Gasteiger partial charge in [0.2, 0.25) is 0 Å². The Balaban J connectivity index is 1.97. The van der Waals surface area contributed by atoms with Crippen LogP contribution in [0.1, 0.15) is 56.8 Å². The van der Waals surface area contributed by atoms with Gasteiger partial charge in [-0.25, -0.2) is 0 Å². The predicted octanol–water partition coefficient (Wildman–Crippen LogP) is 4.49. The van der Waals surface area contributed by atoms with Gasteiger partial charge in [0.1, 0.15) is 0 Å². The molecular weight excluding hydrogens is 220 g/mol. The van der Waals surface area contributed by atoms with Crippen LogP contribution < -0.4 is 0 Å². The molecule has 1 aliphatic rings. The third-order valence-corrected chi connectivity index (χ3v) is 4.59. The standard InChI is InChI=1S/C17H26O/c1-12(2)14-7-9-15(10-8-14)17(18)16-6-4-5-13(3)11-16/h4-6,11-12,14-15,17-18H,7-10H2,1-3H3. The van der Waals surface area contributed by atoms with E-state index < -0.39 is 0 Å². The van der Waals surface area contributed by atoms with E-state index >= 15 is 0 Å². The Bertz CT molecular complexity index is 375. The van der Waals surface area contributed by atoms with E-state index in [4.69, 9.17) is 0 Å². The van der Waals surface area contributed by atoms with Gasteiger partial charge in [0.15, 0.2) is 0 Å². The van der Waals surface area contributed by atoms with Gasteiger partial charge in [-0.1, -0.05) is 43.7 Å². The number of aliphatic hydroxyl groups excluding tert-OH is 1. The van der Waals surface area contributed by atoms with Crippen molar-refractivity contribution in [2.45, 2.75) is 52.6 Å². The first kappa shape index (κ1) is 13.6. The van der Waals surface area contributed by atoms with E-state index in [0.717, 1.165) is 17.4 Å². The molecule has 1 heteroatoms. The number of aliphatic hydroxyl groups is 1. The Hall–Kier alpha value is -0.820. The van der Waals surface area contributed by atoms with Gasteiger partial charge in [0.25, 0.3) is 0 Å². The van der Waals surface area contributed by atoms with Crippen LogP contribution >= 0.6 is 0 Å². The Morgan fingerprint density at radius 2 is 1.67 bits per heavy atom. The van der Waals surface area contributed by atoms with Gasteiger partial charge >= 0.3 is 0 Å². The fraction of sp³-hybridized carbons (Fsp3) is 0.647. The molecule has 1 saturated carbocycles. The minimum absolute atomic E-state index is 0.266. The molecule has 100 valence electrons. The zero-order valence-corrected chi connectivity index (χ0v) is 11.9. The van der Waals surface area contributed by atoms with Gasteiger partial charge in [-0.3, -0.25) is 0 Å². The van der Waals surface area contributed by atoms with Gasteiger partial charge in [-0.05, 0) is 55.9 Å². The van der Waals surface area contributed by atoms with Crippen molar-refractivity contribution >= 4 is 0 Å². The molecule has 0 saturated heterocycles. The summed E-state index contributed by atoms with van der Waals surface area (Å²) in [6.45, 7) is 6.73. The molecule has 1 aromatic rings. The lowest BCUT2D eigenvalue weighted by molar-refractivity contribution is 0.0668. The zero-order valence-electron chi connectivity index (χ0n) is 11.9. The van der Waals surface area contributed by atoms with Gasteiger partial charge < -0.3 is 5.11 Å². The van der Waals surface area contributed by atoms with Crippen molar-refractivity contribution in [3.63, 3.8) is 0 Å². The third kappa shape index (κ3) is 3.14. The van der Waals surface area contributed by atoms with Crippen molar-refractivity contribution in [3.05, 3.63) is 35.4 Å². The molecule has 2 rings (SSSR count). The SMILES string of the molecule is Cc1cccc(C(O)C2CCC(C(C)C)CC2)c1. The second kappa shape index (κ2) is 5.88. The van der Waals surface area contributed by atoms with Crippen LogP contribution in [0.15, 0.2) is 24.3 Å². The van der Waals surface area contributed by atoms with Crippen LogP contribution in [0.2, 0.25) is 0 Å². The maximum Gasteiger partial charge on any atom is 0.0818 e. The van der Waals surface area contributed by atoms with E-state index in [0.29, 0.717) is 5.92 Å². The van der Waals surface area contributed by atoms with Gasteiger partial charge in [-0.15, -0.1) is 0 Å². The molecule has 0 heterocycles. The fourth-order valence-corrected chi connectivity index (χ4v) is 3.25. The molecule has 18 heavy (non-hydrogen) atoms. The lowest BCUT2D eigenvalue weighted by Crippen LogP contribution is -2.23. The Morgan fingerprint density at radius 1 is 1.06 bits per heavy atom. The quantitative estimate of drug-likeness (QED) is 0.833. The highest BCUT2D eigenvalue weighted by atomic mass is 16.3. The Kier molecular flexibility index (Phi) is 4.45. The molecule has 1 aliphatic carbocycles. The van der Waals surface area contributed by atoms with Crippen LogP contribution in [0, 0.1) is 24.7 Å². The van der Waals surface area contributed by atoms with E-state index in [1.165, 1.54) is 31.2 Å². The summed E-state index contributed by atoms with van der Waals surface area (Å²) in [5.74, 6) is 2.12. The van der Waals surface area contributed by atoms with E-state index in [9.17, 15) is 5.11 Å². The molecule has 1 unspecified atom stereocenters. The van der Waals surface area contributed by atoms with E-state index in [2.05, 4.69) is 39.0 Å². The highest BCUT2D eigenvalue weighted by Gasteiger charge is 2.28. The summed E-state index contributed by atoms with van der Waals surface area (Å²) in [6.07, 6.45) is 4.66. The van der Waals surface area contributed by atoms with Crippen molar-refractivity contribution in [3.8, 4) is 0 Å². The first-order valence-electron chi connectivity index (χ1n) is 7.32. The summed E-state index contributed by atoms with van der Waals surface area (Å²) in [4.78, 5) is 0. The predicted molar refractivity (Wildman–Crippen MR) is 76.4 cm³/mol. The second-order valence-corrected chi connectivity index (χ2v) is 6.28. The van der Waals surface area contributed by atoms with Gasteiger partial charge in [-0.2, -0.15) is 0 Å². The summed E-state index contributed by atoms with van der Waals surface area (Å²) < 4.78 is 0. The first-order chi connectivity index (χ1) is 8.58. The molecular formula is C17H26O. The first-order valence-corrected chi connectivity index (χ1v) is 7.32. The summed E-state index contributed by atoms with van der Waals surface area (Å²) in [6, 6.07) is 8.32. The van der Waals surface area contributed by atoms with Crippen molar-refractivity contribution in [2.24, 2.45) is 17.8 Å². The smallest absolute Gasteiger partial charge is 0.0818 e. The highest BCUT2D eigenvalue weighted by molar-refractivity contribution is 5.24. The molecule has 1 fully saturated rings. The van der Waals surface area contributed by atoms with E-state index in [-0.39, 0.29) is 6.10 Å². The summed E-state index contributed by atoms with van der Waals surface area (Å²) in [5, 5.41) is 10.5. The minimum atomic E-state index is -0.266. The average Bonchev–Trinajstić information content (AvgIpc) is 2.38. The van der Waals surface area contributed by atoms with Crippen LogP contribution in [0.25, 0.3) is 0 Å². The number of rotatable bonds is 3. The summed E-state index contributed by atoms with van der Waals surface area (Å²) >= 11 is 0. The lowest BCUT2D eigenvalue weighted by atomic mass is 9.74. The van der Waals surface area contributed by atoms with Crippen LogP contribution in [0.5, 0.6) is 0 Å². The Labute approximate surface area is 111 Å². The van der Waals surface area contributed by atoms with Crippen molar-refractivity contribution in [1.29, 1.82) is 0 Å². The lowest BCUT2D eigenvalue weighted by Gasteiger charge is -2.33.